The summed E-state index contributed by atoms with van der Waals surface area (Å²) in [5.74, 6) is -4.84. The Hall–Kier alpha value is -14.9. The molecule has 1 N–H and O–H groups in total. The smallest absolute Gasteiger partial charge is 0.408 e. The van der Waals surface area contributed by atoms with Crippen LogP contribution in [-0.2, 0) is 84.9 Å². The minimum Gasteiger partial charge on any atom is -0.618 e. The number of nitrogens with zero attached hydrogens (tertiary/aromatic N) is 21. The molecule has 0 aliphatic carbocycles. The molecular weight excluding hydrogens is 2080 g/mol. The molecule has 41 nitrogen and oxygen atoms in total. The van der Waals surface area contributed by atoms with Crippen molar-refractivity contribution >= 4 is 138 Å². The fourth-order valence-corrected chi connectivity index (χ4v) is 14.6. The third kappa shape index (κ3) is 29.4. The van der Waals surface area contributed by atoms with Gasteiger partial charge in [0.2, 0.25) is 5.69 Å². The Balaban J connectivity index is 0.000000198. The van der Waals surface area contributed by atoms with Crippen LogP contribution in [0, 0.1) is 5.21 Å². The SMILES string of the molecule is C.C=CC(=O)OC.COC(=O)CC1c2c(ccc[n+]2[O-])C(=O)N1c1cnn(CC(F)(F)F)c1.COC(=O)CC1c2nc(-c3cnc(OC)c(OC)c3)ccc2C(=O)N1c1cnn(CC(F)(F)F)c1.COC(=O)CC1c2nc(Cl)ccc2C(=O)N1c1cnn(CC(F)(F)F)c1.COC(=O)CC1c2ncccc2C(=O)N1c1cnn(CC(F)(F)F)c1.O=C1c2cccnc2C(O)N1c1cnn(CC(F)(F)F)c1.O=P(Cl)(Cl)Cl. The van der Waals surface area contributed by atoms with Gasteiger partial charge in [-0.3, -0.25) is 106 Å². The summed E-state index contributed by atoms with van der Waals surface area (Å²) in [5.41, 5.74) is 3.61. The van der Waals surface area contributed by atoms with Crippen molar-refractivity contribution in [2.75, 3.05) is 74.3 Å². The van der Waals surface area contributed by atoms with E-state index in [9.17, 15) is 129 Å². The van der Waals surface area contributed by atoms with Gasteiger partial charge in [0, 0.05) is 67.3 Å². The number of hydrogen-bond acceptors (Lipinski definition) is 30. The van der Waals surface area contributed by atoms with Crippen LogP contribution < -0.4 is 38.7 Å². The molecule has 0 saturated heterocycles. The third-order valence-electron chi connectivity index (χ3n) is 20.2. The number of halogens is 19. The van der Waals surface area contributed by atoms with Gasteiger partial charge in [0.15, 0.2) is 18.2 Å². The number of rotatable bonds is 22. The van der Waals surface area contributed by atoms with Gasteiger partial charge in [-0.15, -0.1) is 0 Å². The number of carbonyl (C=O) groups is 10. The zero-order valence-corrected chi connectivity index (χ0v) is 78.6. The first kappa shape index (κ1) is 114. The highest BCUT2D eigenvalue weighted by molar-refractivity contribution is 8.24. The van der Waals surface area contributed by atoms with Crippen LogP contribution in [0.3, 0.4) is 0 Å². The number of fused-ring (bicyclic) bond motifs is 5. The molecule has 0 spiro atoms. The van der Waals surface area contributed by atoms with Gasteiger partial charge in [-0.25, -0.2) is 19.7 Å². The summed E-state index contributed by atoms with van der Waals surface area (Å²) >= 11 is 19.7. The van der Waals surface area contributed by atoms with E-state index in [1.54, 1.807) is 36.4 Å². The summed E-state index contributed by atoms with van der Waals surface area (Å²) in [6, 6.07) is 13.1. The number of esters is 5. The highest BCUT2D eigenvalue weighted by atomic mass is 36.0. The number of aromatic nitrogens is 16. The molecule has 5 amide bonds. The first-order valence-electron chi connectivity index (χ1n) is 40.4. The number of aliphatic hydroxyl groups excluding tert-OH is 1. The molecule has 0 saturated carbocycles. The number of methoxy groups -OCH3 is 7. The van der Waals surface area contributed by atoms with E-state index >= 15 is 0 Å². The predicted molar refractivity (Wildman–Crippen MR) is 476 cm³/mol. The van der Waals surface area contributed by atoms with Gasteiger partial charge in [-0.2, -0.15) is 96.1 Å². The van der Waals surface area contributed by atoms with E-state index in [0.717, 1.165) is 85.0 Å². The lowest BCUT2D eigenvalue weighted by atomic mass is 10.1. The number of pyridine rings is 6. The van der Waals surface area contributed by atoms with Gasteiger partial charge < -0.3 is 43.5 Å². The molecule has 0 bridgehead atoms. The normalized spacial score (nSPS) is 15.9. The van der Waals surface area contributed by atoms with Crippen molar-refractivity contribution in [2.45, 2.75) is 127 Å². The Morgan fingerprint density at radius 1 is 0.441 bits per heavy atom. The molecule has 5 aliphatic rings. The van der Waals surface area contributed by atoms with Crippen LogP contribution in [0.1, 0.15) is 144 Å². The molecule has 145 heavy (non-hydrogen) atoms. The van der Waals surface area contributed by atoms with Gasteiger partial charge in [0.05, 0.1) is 198 Å². The number of amides is 5. The molecular formula is C84H77Cl4F15N21O20P. The monoisotopic (exact) mass is 2160 g/mol. The predicted octanol–water partition coefficient (Wildman–Crippen LogP) is 14.7. The maximum absolute atomic E-state index is 13.2. The summed E-state index contributed by atoms with van der Waals surface area (Å²) in [5, 5.41) is 37.3. The van der Waals surface area contributed by atoms with E-state index in [-0.39, 0.29) is 118 Å². The summed E-state index contributed by atoms with van der Waals surface area (Å²) in [4.78, 5) is 147. The molecule has 16 heterocycles. The van der Waals surface area contributed by atoms with Crippen LogP contribution in [-0.4, -0.2) is 219 Å². The van der Waals surface area contributed by atoms with E-state index in [1.807, 2.05) is 0 Å². The molecule has 11 aromatic rings. The van der Waals surface area contributed by atoms with E-state index < -0.39 is 159 Å². The Morgan fingerprint density at radius 2 is 0.766 bits per heavy atom. The number of hydrogen-bond donors (Lipinski definition) is 1. The first-order chi connectivity index (χ1) is 67.5. The van der Waals surface area contributed by atoms with Crippen LogP contribution in [0.2, 0.25) is 5.15 Å². The molecule has 5 atom stereocenters. The van der Waals surface area contributed by atoms with Gasteiger partial charge in [0.25, 0.3) is 35.4 Å². The minimum atomic E-state index is -4.49. The van der Waals surface area contributed by atoms with Crippen LogP contribution in [0.5, 0.6) is 11.6 Å². The van der Waals surface area contributed by atoms with E-state index in [2.05, 4.69) is 110 Å². The fraction of sp³-hybridized carbons (Fsp3) is 0.321. The first-order valence-corrected chi connectivity index (χ1v) is 45.2. The lowest BCUT2D eigenvalue weighted by molar-refractivity contribution is -0.615. The standard InChI is InChI=1S/C22H20F3N5O5.C15H12ClF3N4O3.C15H13F3N4O4.C15H13F3N4O3.C12H9F3N4O2.C4H6O2.CH4.Cl3OP/c1-33-17-6-12(8-26-20(17)35-3)15-5-4-14-19(28-15)16(7-18(31)34-2)30(21(14)32)13-9-27-29(10-13)11-22(23,24)25;1-26-12(24)4-10-13-9(2-3-11(16)21-13)14(25)23(10)8-5-20-22(6-8)7-15(17,18)19;1-26-12(23)5-11-13-10(3-2-4-21(13)25)14(24)22(11)9-6-19-20(7-9)8-15(16,17)18;1-25-12(23)5-11-13-10(3-2-4-19-13)14(24)22(11)9-6-20-21(7-9)8-15(16,17)18;13-12(14,15)6-18-5-7(4-17-18)19-10(20)8-2-1-3-16-9(8)11(19)21;1-3-4(5)6-2;;1-5(2,3)4/h4-6,8-10,16H,7,11H2,1-3H3;2-3,5-6,10H,4,7H2,1H3;2-4,6-7,11H,5,8H2,1H3;2-4,6-7,11H,5,8H2,1H3;1-5,11,21H,6H2;3H,1H2,2H3;1H4;. The second-order valence-corrected chi connectivity index (χ2v) is 36.8. The lowest BCUT2D eigenvalue weighted by Crippen LogP contribution is -2.36. The molecule has 61 heteroatoms. The molecule has 0 radical (unpaired) electrons. The number of carbonyl (C=O) groups excluding carboxylic acids is 10. The Kier molecular flexibility index (Phi) is 37.3. The average molecular weight is 2160 g/mol. The average Bonchev–Trinajstić information content (AvgIpc) is 1.60. The van der Waals surface area contributed by atoms with Gasteiger partial charge in [-0.1, -0.05) is 25.6 Å². The summed E-state index contributed by atoms with van der Waals surface area (Å²) < 4.78 is 234. The lowest BCUT2D eigenvalue weighted by Gasteiger charge is -2.22. The maximum atomic E-state index is 13.2. The molecule has 0 aromatic carbocycles. The second kappa shape index (κ2) is 47.5. The van der Waals surface area contributed by atoms with Crippen molar-refractivity contribution < 1.29 is 161 Å². The summed E-state index contributed by atoms with van der Waals surface area (Å²) in [6.07, 6.45) is -6.92. The minimum absolute atomic E-state index is 0. The zero-order chi connectivity index (χ0) is 106. The third-order valence-corrected chi connectivity index (χ3v) is 20.4. The highest BCUT2D eigenvalue weighted by Crippen LogP contribution is 2.61. The number of ether oxygens (including phenoxy) is 7. The van der Waals surface area contributed by atoms with Gasteiger partial charge >= 0.3 is 65.9 Å². The molecule has 0 fully saturated rings. The van der Waals surface area contributed by atoms with Crippen LogP contribution >= 0.6 is 50.5 Å². The maximum Gasteiger partial charge on any atom is 0.408 e. The van der Waals surface area contributed by atoms with Crippen molar-refractivity contribution in [3.63, 3.8) is 0 Å². The number of alkyl halides is 15. The van der Waals surface area contributed by atoms with Crippen molar-refractivity contribution in [1.82, 2.24) is 73.8 Å². The number of anilines is 5. The summed E-state index contributed by atoms with van der Waals surface area (Å²) in [7, 11) is 8.98. The van der Waals surface area contributed by atoms with Crippen molar-refractivity contribution in [1.29, 1.82) is 0 Å². The largest absolute Gasteiger partial charge is 0.618 e. The molecule has 5 aliphatic heterocycles. The second-order valence-electron chi connectivity index (χ2n) is 29.8. The molecule has 5 unspecified atom stereocenters. The van der Waals surface area contributed by atoms with Crippen LogP contribution in [0.15, 0.2) is 166 Å². The summed E-state index contributed by atoms with van der Waals surface area (Å²) in [6.45, 7) is -3.33. The van der Waals surface area contributed by atoms with E-state index in [0.29, 0.717) is 56.4 Å². The Bertz CT molecular complexity index is 6630. The van der Waals surface area contributed by atoms with Crippen LogP contribution in [0.25, 0.3) is 11.3 Å². The number of aliphatic hydroxyl groups is 1. The highest BCUT2D eigenvalue weighted by Gasteiger charge is 2.49. The fourth-order valence-electron chi connectivity index (χ4n) is 14.4. The van der Waals surface area contributed by atoms with Crippen molar-refractivity contribution in [2.24, 2.45) is 0 Å². The molecule has 11 aromatic heterocycles. The van der Waals surface area contributed by atoms with Crippen molar-refractivity contribution in [3.05, 3.63) is 233 Å². The Morgan fingerprint density at radius 3 is 1.12 bits per heavy atom. The topological polar surface area (TPSA) is 469 Å². The molecule has 776 valence electrons. The molecule has 16 rings (SSSR count). The van der Waals surface area contributed by atoms with Gasteiger partial charge in [-0.05, 0) is 94.4 Å². The van der Waals surface area contributed by atoms with Crippen LogP contribution in [0.4, 0.5) is 94.3 Å². The van der Waals surface area contributed by atoms with E-state index in [1.165, 1.54) is 112 Å². The van der Waals surface area contributed by atoms with E-state index in [4.69, 9.17) is 25.8 Å². The zero-order valence-electron chi connectivity index (χ0n) is 74.7. The van der Waals surface area contributed by atoms with Crippen molar-refractivity contribution in [3.8, 4) is 22.9 Å². The quantitative estimate of drug-likeness (QED) is 0.00962. The Labute approximate surface area is 826 Å². The van der Waals surface area contributed by atoms with Gasteiger partial charge in [0.1, 0.15) is 55.2 Å².